The van der Waals surface area contributed by atoms with Crippen molar-refractivity contribution in [2.75, 3.05) is 30.4 Å². The van der Waals surface area contributed by atoms with E-state index in [0.29, 0.717) is 18.7 Å². The van der Waals surface area contributed by atoms with Gasteiger partial charge in [0.25, 0.3) is 0 Å². The Kier molecular flexibility index (Phi) is 3.79. The smallest absolute Gasteiger partial charge is 0.319 e. The molecule has 1 fully saturated rings. The zero-order valence-corrected chi connectivity index (χ0v) is 12.0. The maximum absolute atomic E-state index is 11.8. The van der Waals surface area contributed by atoms with E-state index in [0.717, 1.165) is 30.7 Å². The highest BCUT2D eigenvalue weighted by Gasteiger charge is 2.24. The van der Waals surface area contributed by atoms with Crippen LogP contribution in [0.25, 0.3) is 0 Å². The third-order valence-electron chi connectivity index (χ3n) is 3.93. The Bertz CT molecular complexity index is 567. The first-order chi connectivity index (χ1) is 10.1. The normalized spacial score (nSPS) is 20.5. The van der Waals surface area contributed by atoms with Crippen molar-refractivity contribution in [3.63, 3.8) is 0 Å². The first kappa shape index (κ1) is 13.9. The topological polar surface area (TPSA) is 70.7 Å². The molecule has 0 bridgehead atoms. The molecule has 0 spiro atoms. The van der Waals surface area contributed by atoms with Crippen LogP contribution in [0.3, 0.4) is 0 Å². The second kappa shape index (κ2) is 5.73. The summed E-state index contributed by atoms with van der Waals surface area (Å²) in [6.07, 6.45) is 2.56. The Labute approximate surface area is 123 Å². The van der Waals surface area contributed by atoms with Crippen LogP contribution in [-0.2, 0) is 16.0 Å². The van der Waals surface area contributed by atoms with Gasteiger partial charge in [-0.15, -0.1) is 0 Å². The van der Waals surface area contributed by atoms with Crippen LogP contribution < -0.4 is 15.5 Å². The molecule has 0 aliphatic carbocycles. The summed E-state index contributed by atoms with van der Waals surface area (Å²) in [6.45, 7) is 1.30. The van der Waals surface area contributed by atoms with Crippen LogP contribution in [0.2, 0.25) is 0 Å². The maximum atomic E-state index is 11.8. The molecule has 2 heterocycles. The summed E-state index contributed by atoms with van der Waals surface area (Å²) in [7, 11) is 1.76. The number of hydrogen-bond donors (Lipinski definition) is 2. The van der Waals surface area contributed by atoms with E-state index in [1.165, 1.54) is 0 Å². The van der Waals surface area contributed by atoms with Crippen molar-refractivity contribution >= 4 is 23.3 Å². The molecule has 0 aromatic heterocycles. The predicted molar refractivity (Wildman–Crippen MR) is 79.6 cm³/mol. The third-order valence-corrected chi connectivity index (χ3v) is 3.93. The number of carbonyl (C=O) groups is 2. The molecule has 0 radical (unpaired) electrons. The molecule has 3 rings (SSSR count). The van der Waals surface area contributed by atoms with Crippen molar-refractivity contribution in [2.24, 2.45) is 0 Å². The molecule has 0 saturated carbocycles. The molecule has 0 unspecified atom stereocenters. The summed E-state index contributed by atoms with van der Waals surface area (Å²) in [4.78, 5) is 25.1. The Morgan fingerprint density at radius 2 is 2.33 bits per heavy atom. The van der Waals surface area contributed by atoms with Gasteiger partial charge in [0.15, 0.2) is 0 Å². The average molecular weight is 289 g/mol. The molecule has 2 aliphatic rings. The Hall–Kier alpha value is -2.08. The van der Waals surface area contributed by atoms with Gasteiger partial charge in [0.2, 0.25) is 5.91 Å². The number of nitrogens with one attached hydrogen (secondary N) is 2. The number of amides is 3. The largest absolute Gasteiger partial charge is 0.376 e. The van der Waals surface area contributed by atoms with Gasteiger partial charge in [0.1, 0.15) is 0 Å². The fraction of sp³-hybridized carbons (Fsp3) is 0.467. The molecule has 112 valence electrons. The highest BCUT2D eigenvalue weighted by atomic mass is 16.5. The van der Waals surface area contributed by atoms with E-state index in [1.807, 2.05) is 12.1 Å². The molecule has 2 aliphatic heterocycles. The Balaban J connectivity index is 1.57. The molecule has 3 amide bonds. The van der Waals surface area contributed by atoms with Crippen LogP contribution in [0.5, 0.6) is 0 Å². The molecule has 1 aromatic carbocycles. The molecule has 2 N–H and O–H groups in total. The highest BCUT2D eigenvalue weighted by Crippen LogP contribution is 2.29. The number of benzene rings is 1. The van der Waals surface area contributed by atoms with E-state index in [-0.39, 0.29) is 18.0 Å². The van der Waals surface area contributed by atoms with Crippen molar-refractivity contribution in [2.45, 2.75) is 25.4 Å². The second-order valence-electron chi connectivity index (χ2n) is 5.44. The summed E-state index contributed by atoms with van der Waals surface area (Å²) in [6, 6.07) is 5.26. The van der Waals surface area contributed by atoms with Crippen molar-refractivity contribution in [3.8, 4) is 0 Å². The van der Waals surface area contributed by atoms with Crippen LogP contribution in [0.15, 0.2) is 18.2 Å². The minimum atomic E-state index is -0.247. The van der Waals surface area contributed by atoms with Crippen LogP contribution in [0, 0.1) is 0 Å². The van der Waals surface area contributed by atoms with E-state index >= 15 is 0 Å². The van der Waals surface area contributed by atoms with E-state index in [9.17, 15) is 9.59 Å². The van der Waals surface area contributed by atoms with Crippen LogP contribution >= 0.6 is 0 Å². The number of rotatable bonds is 3. The first-order valence-electron chi connectivity index (χ1n) is 7.19. The minimum absolute atomic E-state index is 0.0741. The van der Waals surface area contributed by atoms with Gasteiger partial charge in [-0.25, -0.2) is 4.79 Å². The minimum Gasteiger partial charge on any atom is -0.376 e. The van der Waals surface area contributed by atoms with Crippen LogP contribution in [0.4, 0.5) is 16.2 Å². The fourth-order valence-corrected chi connectivity index (χ4v) is 2.74. The molecular formula is C15H19N3O3. The monoisotopic (exact) mass is 289 g/mol. The summed E-state index contributed by atoms with van der Waals surface area (Å²) < 4.78 is 5.45. The number of fused-ring (bicyclic) bond motifs is 1. The number of hydrogen-bond acceptors (Lipinski definition) is 3. The zero-order chi connectivity index (χ0) is 14.8. The second-order valence-corrected chi connectivity index (χ2v) is 5.44. The van der Waals surface area contributed by atoms with E-state index in [1.54, 1.807) is 18.0 Å². The Morgan fingerprint density at radius 1 is 1.48 bits per heavy atom. The van der Waals surface area contributed by atoms with Crippen LogP contribution in [-0.4, -0.2) is 38.2 Å². The first-order valence-corrected chi connectivity index (χ1v) is 7.19. The molecule has 1 saturated heterocycles. The van der Waals surface area contributed by atoms with E-state index in [4.69, 9.17) is 4.74 Å². The molecule has 6 heteroatoms. The van der Waals surface area contributed by atoms with Crippen LogP contribution in [0.1, 0.15) is 18.4 Å². The van der Waals surface area contributed by atoms with Gasteiger partial charge in [0.05, 0.1) is 12.5 Å². The summed E-state index contributed by atoms with van der Waals surface area (Å²) in [5.74, 6) is 0.0741. The standard InChI is InChI=1S/C15H19N3O3/c1-18-13-5-4-11(7-10(13)8-14(18)19)17-15(20)16-9-12-3-2-6-21-12/h4-5,7,12H,2-3,6,8-9H2,1H3,(H2,16,17,20)/t12-/m0/s1. The van der Waals surface area contributed by atoms with Crippen molar-refractivity contribution in [1.82, 2.24) is 5.32 Å². The number of urea groups is 1. The number of nitrogens with zero attached hydrogens (tertiary/aromatic N) is 1. The van der Waals surface area contributed by atoms with Gasteiger partial charge >= 0.3 is 6.03 Å². The van der Waals surface area contributed by atoms with Gasteiger partial charge in [-0.05, 0) is 36.6 Å². The summed E-state index contributed by atoms with van der Waals surface area (Å²) >= 11 is 0. The summed E-state index contributed by atoms with van der Waals surface area (Å²) in [5, 5.41) is 5.60. The summed E-state index contributed by atoms with van der Waals surface area (Å²) in [5.41, 5.74) is 2.55. The molecular weight excluding hydrogens is 270 g/mol. The molecule has 21 heavy (non-hydrogen) atoms. The van der Waals surface area contributed by atoms with Gasteiger partial charge in [-0.1, -0.05) is 0 Å². The van der Waals surface area contributed by atoms with Crippen molar-refractivity contribution in [1.29, 1.82) is 0 Å². The third kappa shape index (κ3) is 3.00. The number of likely N-dealkylation sites (N-methyl/N-ethyl adjacent to an activating group) is 1. The molecule has 1 atom stereocenters. The number of carbonyl (C=O) groups excluding carboxylic acids is 2. The lowest BCUT2D eigenvalue weighted by atomic mass is 10.1. The molecule has 6 nitrogen and oxygen atoms in total. The zero-order valence-electron chi connectivity index (χ0n) is 12.0. The fourth-order valence-electron chi connectivity index (χ4n) is 2.74. The van der Waals surface area contributed by atoms with Crippen molar-refractivity contribution in [3.05, 3.63) is 23.8 Å². The molecule has 1 aromatic rings. The van der Waals surface area contributed by atoms with Gasteiger partial charge in [-0.2, -0.15) is 0 Å². The van der Waals surface area contributed by atoms with Gasteiger partial charge in [0, 0.05) is 31.6 Å². The van der Waals surface area contributed by atoms with Gasteiger partial charge < -0.3 is 20.3 Å². The van der Waals surface area contributed by atoms with E-state index < -0.39 is 0 Å². The lowest BCUT2D eigenvalue weighted by molar-refractivity contribution is -0.117. The number of ether oxygens (including phenoxy) is 1. The maximum Gasteiger partial charge on any atom is 0.319 e. The Morgan fingerprint density at radius 3 is 3.10 bits per heavy atom. The predicted octanol–water partition coefficient (Wildman–Crippen LogP) is 1.51. The SMILES string of the molecule is CN1C(=O)Cc2cc(NC(=O)NC[C@@H]3CCCO3)ccc21. The quantitative estimate of drug-likeness (QED) is 0.886. The lowest BCUT2D eigenvalue weighted by Crippen LogP contribution is -2.35. The van der Waals surface area contributed by atoms with E-state index in [2.05, 4.69) is 10.6 Å². The van der Waals surface area contributed by atoms with Gasteiger partial charge in [-0.3, -0.25) is 4.79 Å². The lowest BCUT2D eigenvalue weighted by Gasteiger charge is -2.13. The van der Waals surface area contributed by atoms with Crippen molar-refractivity contribution < 1.29 is 14.3 Å². The number of anilines is 2. The average Bonchev–Trinajstić information content (AvgIpc) is 3.06. The highest BCUT2D eigenvalue weighted by molar-refractivity contribution is 6.01.